The van der Waals surface area contributed by atoms with Crippen molar-refractivity contribution in [3.8, 4) is 11.3 Å². The summed E-state index contributed by atoms with van der Waals surface area (Å²) in [6.45, 7) is 0. The van der Waals surface area contributed by atoms with Gasteiger partial charge in [-0.2, -0.15) is 0 Å². The number of carbonyl (C=O) groups excluding carboxylic acids is 1. The Bertz CT molecular complexity index is 843. The third kappa shape index (κ3) is 2.67. The first-order chi connectivity index (χ1) is 10.1. The Kier molecular flexibility index (Phi) is 4.47. The number of benzene rings is 1. The number of aromatic nitrogens is 3. The number of ether oxygens (including phenoxy) is 1. The van der Waals surface area contributed by atoms with Gasteiger partial charge in [-0.3, -0.25) is 0 Å². The molecule has 2 aromatic heterocycles. The molecule has 0 amide bonds. The Hall–Kier alpha value is -2.40. The first-order valence-corrected chi connectivity index (χ1v) is 6.64. The third-order valence-corrected chi connectivity index (χ3v) is 3.49. The predicted octanol–water partition coefficient (Wildman–Crippen LogP) is 3.71. The van der Waals surface area contributed by atoms with E-state index in [2.05, 4.69) is 9.97 Å². The number of hydrogen-bond donors (Lipinski definition) is 0. The Labute approximate surface area is 133 Å². The number of halogens is 1. The van der Waals surface area contributed by atoms with Gasteiger partial charge in [0.2, 0.25) is 5.28 Å². The van der Waals surface area contributed by atoms with Gasteiger partial charge in [0.1, 0.15) is 0 Å². The van der Waals surface area contributed by atoms with Gasteiger partial charge in [0.15, 0.2) is 0 Å². The fraction of sp³-hybridized carbons (Fsp3) is 0.188. The summed E-state index contributed by atoms with van der Waals surface area (Å²) in [4.78, 5) is 19.8. The largest absolute Gasteiger partial charge is 0.465 e. The van der Waals surface area contributed by atoms with Crippen LogP contribution in [0.3, 0.4) is 0 Å². The fourth-order valence-electron chi connectivity index (χ4n) is 2.33. The van der Waals surface area contributed by atoms with Crippen LogP contribution in [0.5, 0.6) is 0 Å². The minimum atomic E-state index is -0.368. The van der Waals surface area contributed by atoms with E-state index in [0.29, 0.717) is 11.3 Å². The standard InChI is InChI=1S/C15H12ClN3O2.CH4/c1-19-8-11(12-5-6-17-15(16)18-12)10-7-9(14(20)21-2)3-4-13(10)19;/h3-8H,1-2H3;1H4. The number of nitrogens with zero attached hydrogens (tertiary/aromatic N) is 3. The Morgan fingerprint density at radius 3 is 2.77 bits per heavy atom. The van der Waals surface area contributed by atoms with E-state index in [1.807, 2.05) is 23.9 Å². The highest BCUT2D eigenvalue weighted by atomic mass is 35.5. The van der Waals surface area contributed by atoms with Gasteiger partial charge in [0.25, 0.3) is 0 Å². The van der Waals surface area contributed by atoms with Gasteiger partial charge < -0.3 is 9.30 Å². The van der Waals surface area contributed by atoms with Crippen molar-refractivity contribution in [3.63, 3.8) is 0 Å². The van der Waals surface area contributed by atoms with Gasteiger partial charge in [-0.05, 0) is 35.9 Å². The molecule has 0 unspecified atom stereocenters. The minimum absolute atomic E-state index is 0. The predicted molar refractivity (Wildman–Crippen MR) is 87.0 cm³/mol. The molecule has 0 saturated carbocycles. The lowest BCUT2D eigenvalue weighted by atomic mass is 10.1. The van der Waals surface area contributed by atoms with Crippen LogP contribution in [-0.4, -0.2) is 27.6 Å². The maximum atomic E-state index is 11.7. The highest BCUT2D eigenvalue weighted by molar-refractivity contribution is 6.28. The van der Waals surface area contributed by atoms with Crippen LogP contribution in [0.4, 0.5) is 0 Å². The molecule has 5 nitrogen and oxygen atoms in total. The van der Waals surface area contributed by atoms with Gasteiger partial charge in [-0.25, -0.2) is 14.8 Å². The molecule has 22 heavy (non-hydrogen) atoms. The molecule has 0 aliphatic heterocycles. The second-order valence-electron chi connectivity index (χ2n) is 4.59. The van der Waals surface area contributed by atoms with E-state index >= 15 is 0 Å². The fourth-order valence-corrected chi connectivity index (χ4v) is 2.47. The van der Waals surface area contributed by atoms with Crippen molar-refractivity contribution in [1.29, 1.82) is 0 Å². The van der Waals surface area contributed by atoms with E-state index in [9.17, 15) is 4.79 Å². The van der Waals surface area contributed by atoms with Crippen LogP contribution in [0.2, 0.25) is 5.28 Å². The molecule has 0 N–H and O–H groups in total. The Morgan fingerprint density at radius 1 is 1.32 bits per heavy atom. The van der Waals surface area contributed by atoms with E-state index < -0.39 is 0 Å². The number of carbonyl (C=O) groups is 1. The van der Waals surface area contributed by atoms with Crippen LogP contribution >= 0.6 is 11.6 Å². The smallest absolute Gasteiger partial charge is 0.337 e. The summed E-state index contributed by atoms with van der Waals surface area (Å²) in [6, 6.07) is 7.21. The van der Waals surface area contributed by atoms with E-state index in [-0.39, 0.29) is 18.7 Å². The molecule has 3 rings (SSSR count). The van der Waals surface area contributed by atoms with Gasteiger partial charge in [0.05, 0.1) is 18.4 Å². The number of hydrogen-bond acceptors (Lipinski definition) is 4. The van der Waals surface area contributed by atoms with Crippen LogP contribution in [0.1, 0.15) is 17.8 Å². The monoisotopic (exact) mass is 317 g/mol. The molecule has 0 aliphatic rings. The quantitative estimate of drug-likeness (QED) is 0.534. The van der Waals surface area contributed by atoms with E-state index in [4.69, 9.17) is 16.3 Å². The first-order valence-electron chi connectivity index (χ1n) is 6.26. The second kappa shape index (κ2) is 6.15. The molecule has 0 atom stereocenters. The van der Waals surface area contributed by atoms with Crippen LogP contribution in [-0.2, 0) is 11.8 Å². The van der Waals surface area contributed by atoms with Gasteiger partial charge in [0, 0.05) is 35.9 Å². The maximum absolute atomic E-state index is 11.7. The molecule has 2 heterocycles. The number of methoxy groups -OCH3 is 1. The number of fused-ring (bicyclic) bond motifs is 1. The van der Waals surface area contributed by atoms with Crippen molar-refractivity contribution < 1.29 is 9.53 Å². The average molecular weight is 318 g/mol. The van der Waals surface area contributed by atoms with Gasteiger partial charge in [-0.15, -0.1) is 0 Å². The number of rotatable bonds is 2. The first kappa shape index (κ1) is 16.0. The number of aryl methyl sites for hydroxylation is 1. The molecule has 6 heteroatoms. The molecule has 3 aromatic rings. The molecule has 0 saturated heterocycles. The van der Waals surface area contributed by atoms with Crippen LogP contribution in [0, 0.1) is 0 Å². The van der Waals surface area contributed by atoms with Crippen LogP contribution in [0.15, 0.2) is 36.7 Å². The zero-order chi connectivity index (χ0) is 15.0. The second-order valence-corrected chi connectivity index (χ2v) is 4.93. The SMILES string of the molecule is C.COC(=O)c1ccc2c(c1)c(-c1ccnc(Cl)n1)cn2C. The van der Waals surface area contributed by atoms with Crippen molar-refractivity contribution in [2.45, 2.75) is 7.43 Å². The molecule has 1 aromatic carbocycles. The van der Waals surface area contributed by atoms with Crippen molar-refractivity contribution in [1.82, 2.24) is 14.5 Å². The van der Waals surface area contributed by atoms with E-state index in [1.54, 1.807) is 24.4 Å². The zero-order valence-electron chi connectivity index (χ0n) is 11.5. The van der Waals surface area contributed by atoms with Crippen molar-refractivity contribution in [3.05, 3.63) is 47.5 Å². The highest BCUT2D eigenvalue weighted by Gasteiger charge is 2.13. The van der Waals surface area contributed by atoms with Gasteiger partial charge >= 0.3 is 5.97 Å². The summed E-state index contributed by atoms with van der Waals surface area (Å²) in [6.07, 6.45) is 3.55. The normalized spacial score (nSPS) is 10.3. The lowest BCUT2D eigenvalue weighted by Gasteiger charge is -2.02. The molecule has 0 aliphatic carbocycles. The molecular formula is C16H16ClN3O2. The molecular weight excluding hydrogens is 302 g/mol. The highest BCUT2D eigenvalue weighted by Crippen LogP contribution is 2.30. The Balaban J connectivity index is 0.00000176. The summed E-state index contributed by atoms with van der Waals surface area (Å²) in [5.41, 5.74) is 3.09. The minimum Gasteiger partial charge on any atom is -0.465 e. The summed E-state index contributed by atoms with van der Waals surface area (Å²) >= 11 is 5.85. The molecule has 114 valence electrons. The Morgan fingerprint density at radius 2 is 2.09 bits per heavy atom. The molecule has 0 spiro atoms. The van der Waals surface area contributed by atoms with Crippen molar-refractivity contribution in [2.75, 3.05) is 7.11 Å². The lowest BCUT2D eigenvalue weighted by Crippen LogP contribution is -2.00. The van der Waals surface area contributed by atoms with E-state index in [0.717, 1.165) is 16.5 Å². The van der Waals surface area contributed by atoms with E-state index in [1.165, 1.54) is 7.11 Å². The summed E-state index contributed by atoms with van der Waals surface area (Å²) in [5, 5.41) is 1.10. The molecule has 0 radical (unpaired) electrons. The lowest BCUT2D eigenvalue weighted by molar-refractivity contribution is 0.0601. The van der Waals surface area contributed by atoms with Gasteiger partial charge in [-0.1, -0.05) is 7.43 Å². The maximum Gasteiger partial charge on any atom is 0.337 e. The van der Waals surface area contributed by atoms with Crippen molar-refractivity contribution >= 4 is 28.5 Å². The molecule has 0 bridgehead atoms. The summed E-state index contributed by atoms with van der Waals surface area (Å²) < 4.78 is 6.74. The topological polar surface area (TPSA) is 57.0 Å². The zero-order valence-corrected chi connectivity index (χ0v) is 12.3. The summed E-state index contributed by atoms with van der Waals surface area (Å²) in [7, 11) is 3.30. The molecule has 0 fully saturated rings. The van der Waals surface area contributed by atoms with Crippen molar-refractivity contribution in [2.24, 2.45) is 7.05 Å². The third-order valence-electron chi connectivity index (χ3n) is 3.31. The average Bonchev–Trinajstić information content (AvgIpc) is 2.83. The van der Waals surface area contributed by atoms with Crippen LogP contribution < -0.4 is 0 Å². The number of esters is 1. The van der Waals surface area contributed by atoms with Crippen LogP contribution in [0.25, 0.3) is 22.2 Å². The summed E-state index contributed by atoms with van der Waals surface area (Å²) in [5.74, 6) is -0.368.